The van der Waals surface area contributed by atoms with Crippen LogP contribution >= 0.6 is 11.3 Å². The summed E-state index contributed by atoms with van der Waals surface area (Å²) in [5.41, 5.74) is 6.36. The van der Waals surface area contributed by atoms with Crippen LogP contribution in [0.15, 0.2) is 41.8 Å². The van der Waals surface area contributed by atoms with Crippen LogP contribution in [0.2, 0.25) is 0 Å². The normalized spacial score (nSPS) is 10.0. The van der Waals surface area contributed by atoms with Gasteiger partial charge in [0.2, 0.25) is 11.8 Å². The Morgan fingerprint density at radius 1 is 1.15 bits per heavy atom. The van der Waals surface area contributed by atoms with Gasteiger partial charge in [-0.2, -0.15) is 0 Å². The smallest absolute Gasteiger partial charge is 0.248 e. The highest BCUT2D eigenvalue weighted by Gasteiger charge is 2.03. The summed E-state index contributed by atoms with van der Waals surface area (Å²) in [6, 6.07) is 10.6. The van der Waals surface area contributed by atoms with Gasteiger partial charge in [-0.15, -0.1) is 11.3 Å². The molecule has 0 saturated heterocycles. The molecule has 5 nitrogen and oxygen atoms in total. The lowest BCUT2D eigenvalue weighted by Crippen LogP contribution is -2.29. The second kappa shape index (κ2) is 6.72. The molecule has 1 heterocycles. The van der Waals surface area contributed by atoms with Crippen molar-refractivity contribution in [1.82, 2.24) is 5.32 Å². The predicted molar refractivity (Wildman–Crippen MR) is 79.6 cm³/mol. The molecule has 0 fully saturated rings. The fourth-order valence-electron chi connectivity index (χ4n) is 1.60. The van der Waals surface area contributed by atoms with Gasteiger partial charge in [0.25, 0.3) is 0 Å². The molecule has 1 aromatic heterocycles. The van der Waals surface area contributed by atoms with Gasteiger partial charge in [-0.3, -0.25) is 9.59 Å². The van der Waals surface area contributed by atoms with Crippen molar-refractivity contribution in [3.63, 3.8) is 0 Å². The van der Waals surface area contributed by atoms with Gasteiger partial charge in [-0.25, -0.2) is 0 Å². The maximum Gasteiger partial charge on any atom is 0.248 e. The molecule has 0 radical (unpaired) electrons. The molecule has 104 valence electrons. The molecular formula is C14H15N3O2S. The maximum atomic E-state index is 11.6. The third kappa shape index (κ3) is 4.10. The van der Waals surface area contributed by atoms with E-state index < -0.39 is 5.91 Å². The Hall–Kier alpha value is -2.34. The Kier molecular flexibility index (Phi) is 4.73. The molecule has 0 saturated carbocycles. The van der Waals surface area contributed by atoms with Gasteiger partial charge >= 0.3 is 0 Å². The molecule has 20 heavy (non-hydrogen) atoms. The summed E-state index contributed by atoms with van der Waals surface area (Å²) >= 11 is 1.60. The van der Waals surface area contributed by atoms with Crippen molar-refractivity contribution in [3.05, 3.63) is 52.2 Å². The minimum atomic E-state index is -0.467. The fourth-order valence-corrected chi connectivity index (χ4v) is 2.24. The molecular weight excluding hydrogens is 274 g/mol. The van der Waals surface area contributed by atoms with Gasteiger partial charge < -0.3 is 16.4 Å². The number of amides is 2. The Balaban J connectivity index is 1.76. The number of benzene rings is 1. The van der Waals surface area contributed by atoms with Crippen LogP contribution in [-0.2, 0) is 11.3 Å². The highest BCUT2D eigenvalue weighted by molar-refractivity contribution is 7.09. The molecule has 6 heteroatoms. The van der Waals surface area contributed by atoms with Gasteiger partial charge in [0.1, 0.15) is 0 Å². The monoisotopic (exact) mass is 289 g/mol. The van der Waals surface area contributed by atoms with Gasteiger partial charge in [0.05, 0.1) is 13.1 Å². The van der Waals surface area contributed by atoms with Crippen LogP contribution < -0.4 is 16.4 Å². The number of nitrogens with two attached hydrogens (primary N) is 1. The van der Waals surface area contributed by atoms with E-state index >= 15 is 0 Å². The first-order valence-corrected chi connectivity index (χ1v) is 6.96. The van der Waals surface area contributed by atoms with E-state index in [0.29, 0.717) is 12.1 Å². The van der Waals surface area contributed by atoms with E-state index in [0.717, 1.165) is 10.6 Å². The first kappa shape index (κ1) is 14.1. The summed E-state index contributed by atoms with van der Waals surface area (Å²) in [5.74, 6) is -0.553. The van der Waals surface area contributed by atoms with Crippen LogP contribution in [0.25, 0.3) is 0 Å². The highest BCUT2D eigenvalue weighted by Crippen LogP contribution is 2.09. The lowest BCUT2D eigenvalue weighted by Gasteiger charge is -2.07. The van der Waals surface area contributed by atoms with E-state index in [9.17, 15) is 9.59 Å². The number of hydrogen-bond acceptors (Lipinski definition) is 4. The Bertz CT molecular complexity index is 579. The van der Waals surface area contributed by atoms with E-state index in [1.807, 2.05) is 17.5 Å². The van der Waals surface area contributed by atoms with E-state index in [2.05, 4.69) is 10.6 Å². The van der Waals surface area contributed by atoms with Crippen LogP contribution in [0.4, 0.5) is 5.69 Å². The molecule has 2 amide bonds. The number of thiophene rings is 1. The number of carbonyl (C=O) groups excluding carboxylic acids is 2. The molecule has 0 bridgehead atoms. The number of hydrogen-bond donors (Lipinski definition) is 3. The summed E-state index contributed by atoms with van der Waals surface area (Å²) in [7, 11) is 0. The number of carbonyl (C=O) groups is 2. The van der Waals surface area contributed by atoms with E-state index in [1.165, 1.54) is 0 Å². The van der Waals surface area contributed by atoms with Crippen molar-refractivity contribution in [2.45, 2.75) is 6.54 Å². The van der Waals surface area contributed by atoms with Crippen LogP contribution in [0.3, 0.4) is 0 Å². The molecule has 2 rings (SSSR count). The van der Waals surface area contributed by atoms with Crippen molar-refractivity contribution in [2.24, 2.45) is 5.73 Å². The van der Waals surface area contributed by atoms with E-state index in [1.54, 1.807) is 35.6 Å². The SMILES string of the molecule is NC(=O)c1ccc(NCC(=O)NCc2cccs2)cc1. The quantitative estimate of drug-likeness (QED) is 0.755. The Morgan fingerprint density at radius 3 is 2.50 bits per heavy atom. The van der Waals surface area contributed by atoms with Crippen LogP contribution in [0.1, 0.15) is 15.2 Å². The summed E-state index contributed by atoms with van der Waals surface area (Å²) in [5, 5.41) is 7.77. The first-order valence-electron chi connectivity index (χ1n) is 6.08. The van der Waals surface area contributed by atoms with E-state index in [-0.39, 0.29) is 12.5 Å². The average Bonchev–Trinajstić information content (AvgIpc) is 2.96. The predicted octanol–water partition coefficient (Wildman–Crippen LogP) is 1.58. The maximum absolute atomic E-state index is 11.6. The van der Waals surface area contributed by atoms with E-state index in [4.69, 9.17) is 5.73 Å². The van der Waals surface area contributed by atoms with Crippen molar-refractivity contribution in [2.75, 3.05) is 11.9 Å². The Labute approximate surface area is 120 Å². The second-order valence-electron chi connectivity index (χ2n) is 4.15. The number of nitrogens with one attached hydrogen (secondary N) is 2. The fraction of sp³-hybridized carbons (Fsp3) is 0.143. The second-order valence-corrected chi connectivity index (χ2v) is 5.18. The van der Waals surface area contributed by atoms with Crippen LogP contribution in [-0.4, -0.2) is 18.4 Å². The van der Waals surface area contributed by atoms with Gasteiger partial charge in [-0.05, 0) is 35.7 Å². The number of rotatable bonds is 6. The zero-order chi connectivity index (χ0) is 14.4. The molecule has 1 aromatic carbocycles. The summed E-state index contributed by atoms with van der Waals surface area (Å²) in [6.45, 7) is 0.722. The van der Waals surface area contributed by atoms with Crippen LogP contribution in [0.5, 0.6) is 0 Å². The van der Waals surface area contributed by atoms with Crippen molar-refractivity contribution < 1.29 is 9.59 Å². The van der Waals surface area contributed by atoms with Crippen molar-refractivity contribution >= 4 is 28.8 Å². The molecule has 0 unspecified atom stereocenters. The summed E-state index contributed by atoms with van der Waals surface area (Å²) in [6.07, 6.45) is 0. The van der Waals surface area contributed by atoms with Crippen molar-refractivity contribution in [1.29, 1.82) is 0 Å². The van der Waals surface area contributed by atoms with Gasteiger partial charge in [0.15, 0.2) is 0 Å². The highest BCUT2D eigenvalue weighted by atomic mass is 32.1. The summed E-state index contributed by atoms with van der Waals surface area (Å²) < 4.78 is 0. The van der Waals surface area contributed by atoms with Crippen molar-refractivity contribution in [3.8, 4) is 0 Å². The molecule has 0 atom stereocenters. The summed E-state index contributed by atoms with van der Waals surface area (Å²) in [4.78, 5) is 23.7. The average molecular weight is 289 g/mol. The third-order valence-corrected chi connectivity index (χ3v) is 3.54. The van der Waals surface area contributed by atoms with Crippen LogP contribution in [0, 0.1) is 0 Å². The third-order valence-electron chi connectivity index (χ3n) is 2.66. The number of anilines is 1. The molecule has 0 aliphatic carbocycles. The topological polar surface area (TPSA) is 84.2 Å². The molecule has 0 spiro atoms. The van der Waals surface area contributed by atoms with Gasteiger partial charge in [0, 0.05) is 16.1 Å². The molecule has 0 aliphatic rings. The minimum absolute atomic E-state index is 0.0858. The number of primary amides is 1. The molecule has 2 aromatic rings. The lowest BCUT2D eigenvalue weighted by atomic mass is 10.2. The largest absolute Gasteiger partial charge is 0.376 e. The van der Waals surface area contributed by atoms with Gasteiger partial charge in [-0.1, -0.05) is 6.07 Å². The minimum Gasteiger partial charge on any atom is -0.376 e. The molecule has 4 N–H and O–H groups in total. The zero-order valence-corrected chi connectivity index (χ0v) is 11.6. The molecule has 0 aliphatic heterocycles. The zero-order valence-electron chi connectivity index (χ0n) is 10.8. The Morgan fingerprint density at radius 2 is 1.90 bits per heavy atom. The first-order chi connectivity index (χ1) is 9.65. The lowest BCUT2D eigenvalue weighted by molar-refractivity contribution is -0.119. The standard InChI is InChI=1S/C14H15N3O2S/c15-14(19)10-3-5-11(6-4-10)16-9-13(18)17-8-12-2-1-7-20-12/h1-7,16H,8-9H2,(H2,15,19)(H,17,18).